The van der Waals surface area contributed by atoms with E-state index in [0.717, 1.165) is 19.3 Å². The Bertz CT molecular complexity index is 269. The third-order valence-corrected chi connectivity index (χ3v) is 5.11. The van der Waals surface area contributed by atoms with Crippen LogP contribution in [0.5, 0.6) is 0 Å². The van der Waals surface area contributed by atoms with Crippen molar-refractivity contribution in [2.24, 2.45) is 11.3 Å². The summed E-state index contributed by atoms with van der Waals surface area (Å²) in [6.45, 7) is 0.235. The molecule has 0 aromatic rings. The molecule has 2 fully saturated rings. The van der Waals surface area contributed by atoms with E-state index in [2.05, 4.69) is 0 Å². The Labute approximate surface area is 72.7 Å². The molecule has 1 N–H and O–H groups in total. The molecule has 0 bridgehead atoms. The molecular formula is C8H14O3S. The average molecular weight is 190 g/mol. The SMILES string of the molecule is O=S1(=O)CC2(CC2CCCO)C1. The molecule has 1 spiro atoms. The summed E-state index contributed by atoms with van der Waals surface area (Å²) in [5.74, 6) is 1.42. The molecule has 1 saturated carbocycles. The van der Waals surface area contributed by atoms with Crippen LogP contribution in [-0.2, 0) is 9.84 Å². The van der Waals surface area contributed by atoms with Gasteiger partial charge in [-0.25, -0.2) is 8.42 Å². The van der Waals surface area contributed by atoms with Crippen LogP contribution in [0.15, 0.2) is 0 Å². The number of hydrogen-bond acceptors (Lipinski definition) is 3. The van der Waals surface area contributed by atoms with Crippen LogP contribution in [-0.4, -0.2) is 31.6 Å². The minimum atomic E-state index is -2.65. The van der Waals surface area contributed by atoms with Crippen molar-refractivity contribution in [1.82, 2.24) is 0 Å². The Hall–Kier alpha value is -0.0900. The van der Waals surface area contributed by atoms with Crippen molar-refractivity contribution in [3.63, 3.8) is 0 Å². The number of sulfone groups is 1. The van der Waals surface area contributed by atoms with Crippen molar-refractivity contribution in [1.29, 1.82) is 0 Å². The molecule has 0 aromatic carbocycles. The second kappa shape index (κ2) is 2.45. The lowest BCUT2D eigenvalue weighted by Gasteiger charge is -2.26. The molecule has 1 atom stereocenters. The van der Waals surface area contributed by atoms with Gasteiger partial charge >= 0.3 is 0 Å². The first-order valence-electron chi connectivity index (χ1n) is 4.39. The maximum absolute atomic E-state index is 10.9. The van der Waals surface area contributed by atoms with Gasteiger partial charge in [0.15, 0.2) is 9.84 Å². The van der Waals surface area contributed by atoms with Crippen LogP contribution in [0.25, 0.3) is 0 Å². The summed E-state index contributed by atoms with van der Waals surface area (Å²) >= 11 is 0. The number of aliphatic hydroxyl groups excluding tert-OH is 1. The summed E-state index contributed by atoms with van der Waals surface area (Å²) in [6, 6.07) is 0. The molecule has 70 valence electrons. The van der Waals surface area contributed by atoms with Crippen molar-refractivity contribution in [3.05, 3.63) is 0 Å². The molecule has 2 rings (SSSR count). The van der Waals surface area contributed by atoms with Gasteiger partial charge in [-0.3, -0.25) is 0 Å². The first-order chi connectivity index (χ1) is 5.58. The Kier molecular flexibility index (Phi) is 1.74. The van der Waals surface area contributed by atoms with Gasteiger partial charge in [-0.1, -0.05) is 0 Å². The molecule has 0 amide bonds. The second-order valence-corrected chi connectivity index (χ2v) is 6.23. The van der Waals surface area contributed by atoms with Crippen molar-refractivity contribution in [3.8, 4) is 0 Å². The number of hydrogen-bond donors (Lipinski definition) is 1. The van der Waals surface area contributed by atoms with Gasteiger partial charge in [0.1, 0.15) is 0 Å². The molecular weight excluding hydrogens is 176 g/mol. The lowest BCUT2D eigenvalue weighted by atomic mass is 10.1. The highest BCUT2D eigenvalue weighted by molar-refractivity contribution is 7.92. The molecule has 0 aromatic heterocycles. The zero-order valence-corrected chi connectivity index (χ0v) is 7.81. The number of aliphatic hydroxyl groups is 1. The van der Waals surface area contributed by atoms with E-state index in [4.69, 9.17) is 5.11 Å². The predicted molar refractivity (Wildman–Crippen MR) is 45.5 cm³/mol. The van der Waals surface area contributed by atoms with Crippen LogP contribution >= 0.6 is 0 Å². The fraction of sp³-hybridized carbons (Fsp3) is 1.00. The van der Waals surface area contributed by atoms with Crippen molar-refractivity contribution >= 4 is 9.84 Å². The topological polar surface area (TPSA) is 54.4 Å². The summed E-state index contributed by atoms with van der Waals surface area (Å²) < 4.78 is 21.8. The largest absolute Gasteiger partial charge is 0.396 e. The zero-order valence-electron chi connectivity index (χ0n) is 6.99. The van der Waals surface area contributed by atoms with Crippen molar-refractivity contribution < 1.29 is 13.5 Å². The average Bonchev–Trinajstić information content (AvgIpc) is 2.56. The first-order valence-corrected chi connectivity index (χ1v) is 6.21. The van der Waals surface area contributed by atoms with E-state index in [9.17, 15) is 8.42 Å². The molecule has 2 aliphatic rings. The van der Waals surface area contributed by atoms with E-state index < -0.39 is 9.84 Å². The first kappa shape index (κ1) is 8.51. The van der Waals surface area contributed by atoms with Crippen LogP contribution in [0.1, 0.15) is 19.3 Å². The highest BCUT2D eigenvalue weighted by Gasteiger charge is 2.63. The van der Waals surface area contributed by atoms with Gasteiger partial charge in [-0.15, -0.1) is 0 Å². The molecule has 1 aliphatic heterocycles. The summed E-state index contributed by atoms with van der Waals surface area (Å²) in [5, 5.41) is 8.59. The molecule has 3 nitrogen and oxygen atoms in total. The van der Waals surface area contributed by atoms with Gasteiger partial charge in [0, 0.05) is 12.0 Å². The summed E-state index contributed by atoms with van der Waals surface area (Å²) in [6.07, 6.45) is 2.91. The minimum Gasteiger partial charge on any atom is -0.396 e. The van der Waals surface area contributed by atoms with Crippen LogP contribution < -0.4 is 0 Å². The maximum Gasteiger partial charge on any atom is 0.151 e. The van der Waals surface area contributed by atoms with Crippen LogP contribution in [0.4, 0.5) is 0 Å². The fourth-order valence-electron chi connectivity index (χ4n) is 2.36. The molecule has 1 aliphatic carbocycles. The van der Waals surface area contributed by atoms with Gasteiger partial charge in [0.2, 0.25) is 0 Å². The molecule has 0 radical (unpaired) electrons. The van der Waals surface area contributed by atoms with Crippen molar-refractivity contribution in [2.75, 3.05) is 18.1 Å². The highest BCUT2D eigenvalue weighted by atomic mass is 32.2. The maximum atomic E-state index is 10.9. The summed E-state index contributed by atoms with van der Waals surface area (Å²) in [4.78, 5) is 0. The second-order valence-electron chi connectivity index (χ2n) is 4.16. The third kappa shape index (κ3) is 1.27. The Morgan fingerprint density at radius 1 is 1.42 bits per heavy atom. The number of rotatable bonds is 3. The summed E-state index contributed by atoms with van der Waals surface area (Å²) in [7, 11) is -2.65. The fourth-order valence-corrected chi connectivity index (χ4v) is 4.74. The van der Waals surface area contributed by atoms with Gasteiger partial charge in [-0.2, -0.15) is 0 Å². The molecule has 1 saturated heterocycles. The molecule has 12 heavy (non-hydrogen) atoms. The monoisotopic (exact) mass is 190 g/mol. The van der Waals surface area contributed by atoms with Gasteiger partial charge in [-0.05, 0) is 25.2 Å². The Balaban J connectivity index is 1.81. The van der Waals surface area contributed by atoms with E-state index in [-0.39, 0.29) is 12.0 Å². The lowest BCUT2D eigenvalue weighted by Crippen LogP contribution is -2.39. The van der Waals surface area contributed by atoms with Gasteiger partial charge < -0.3 is 5.11 Å². The molecule has 1 heterocycles. The third-order valence-electron chi connectivity index (χ3n) is 3.08. The van der Waals surface area contributed by atoms with Gasteiger partial charge in [0.25, 0.3) is 0 Å². The minimum absolute atomic E-state index is 0.175. The van der Waals surface area contributed by atoms with E-state index in [1.807, 2.05) is 0 Å². The lowest BCUT2D eigenvalue weighted by molar-refractivity contribution is 0.277. The smallest absolute Gasteiger partial charge is 0.151 e. The zero-order chi connectivity index (χ0) is 8.82. The normalized spacial score (nSPS) is 34.6. The van der Waals surface area contributed by atoms with E-state index >= 15 is 0 Å². The van der Waals surface area contributed by atoms with Gasteiger partial charge in [0.05, 0.1) is 11.5 Å². The quantitative estimate of drug-likeness (QED) is 0.691. The van der Waals surface area contributed by atoms with Crippen LogP contribution in [0.3, 0.4) is 0 Å². The summed E-state index contributed by atoms with van der Waals surface area (Å²) in [5.41, 5.74) is 0.175. The highest BCUT2D eigenvalue weighted by Crippen LogP contribution is 2.61. The van der Waals surface area contributed by atoms with Crippen LogP contribution in [0.2, 0.25) is 0 Å². The Morgan fingerprint density at radius 3 is 2.58 bits per heavy atom. The van der Waals surface area contributed by atoms with Crippen LogP contribution in [0, 0.1) is 11.3 Å². The standard InChI is InChI=1S/C8H14O3S/c9-3-1-2-7-4-8(7)5-12(10,11)6-8/h7,9H,1-6H2. The van der Waals surface area contributed by atoms with E-state index in [1.54, 1.807) is 0 Å². The Morgan fingerprint density at radius 2 is 2.08 bits per heavy atom. The van der Waals surface area contributed by atoms with E-state index in [1.165, 1.54) is 0 Å². The molecule has 4 heteroatoms. The predicted octanol–water partition coefficient (Wildman–Crippen LogP) is 0.194. The van der Waals surface area contributed by atoms with E-state index in [0.29, 0.717) is 17.4 Å². The van der Waals surface area contributed by atoms with Crippen molar-refractivity contribution in [2.45, 2.75) is 19.3 Å². The molecule has 1 unspecified atom stereocenters.